The Morgan fingerprint density at radius 1 is 1.03 bits per heavy atom. The summed E-state index contributed by atoms with van der Waals surface area (Å²) in [6.07, 6.45) is 1.75. The summed E-state index contributed by atoms with van der Waals surface area (Å²) in [6.45, 7) is 4.29. The first kappa shape index (κ1) is 20.5. The smallest absolute Gasteiger partial charge is 0.283 e. The number of thiazole rings is 1. The number of rotatable bonds is 7. The van der Waals surface area contributed by atoms with Crippen LogP contribution in [0.4, 0.5) is 0 Å². The molecular weight excluding hydrogens is 392 g/mol. The van der Waals surface area contributed by atoms with Gasteiger partial charge in [0.25, 0.3) is 5.91 Å². The molecule has 3 rings (SSSR count). The first-order valence-corrected chi connectivity index (χ1v) is 9.55. The fraction of sp³-hybridized carbons (Fsp3) is 0.238. The Bertz CT molecular complexity index is 1130. The van der Waals surface area contributed by atoms with Crippen molar-refractivity contribution in [1.29, 1.82) is 0 Å². The van der Waals surface area contributed by atoms with Crippen LogP contribution in [0.3, 0.4) is 0 Å². The molecule has 0 spiro atoms. The Balaban J connectivity index is 2.20. The van der Waals surface area contributed by atoms with Crippen LogP contribution in [0.25, 0.3) is 10.2 Å². The zero-order valence-electron chi connectivity index (χ0n) is 16.7. The number of fused-ring (bicyclic) bond motifs is 1. The number of hydrogen-bond acceptors (Lipinski definition) is 6. The lowest BCUT2D eigenvalue weighted by Gasteiger charge is -2.08. The minimum atomic E-state index is -0.427. The quantitative estimate of drug-likeness (QED) is 0.552. The average molecular weight is 414 g/mol. The summed E-state index contributed by atoms with van der Waals surface area (Å²) >= 11 is 1.38. The minimum Gasteiger partial charge on any atom is -0.497 e. The van der Waals surface area contributed by atoms with Crippen molar-refractivity contribution in [3.05, 3.63) is 53.4 Å². The van der Waals surface area contributed by atoms with Crippen molar-refractivity contribution < 1.29 is 23.7 Å². The van der Waals surface area contributed by atoms with Crippen molar-refractivity contribution in [1.82, 2.24) is 4.57 Å². The zero-order chi connectivity index (χ0) is 21.0. The van der Waals surface area contributed by atoms with Crippen LogP contribution in [-0.4, -0.2) is 38.9 Å². The predicted molar refractivity (Wildman–Crippen MR) is 113 cm³/mol. The molecule has 0 aliphatic heterocycles. The standard InChI is InChI=1S/C21H22N2O5S/c1-6-9-23-15-11-17(27-4)18(28-5)12-19(15)29-21(23)22-20(24)14-10-13(25-2)7-8-16(14)26-3/h6-8,10-12H,1,9H2,2-5H3. The Labute approximate surface area is 172 Å². The van der Waals surface area contributed by atoms with Gasteiger partial charge in [-0.05, 0) is 18.2 Å². The Morgan fingerprint density at radius 3 is 2.34 bits per heavy atom. The lowest BCUT2D eigenvalue weighted by molar-refractivity contribution is 0.0994. The van der Waals surface area contributed by atoms with Crippen LogP contribution < -0.4 is 23.7 Å². The van der Waals surface area contributed by atoms with E-state index in [1.807, 2.05) is 16.7 Å². The molecule has 0 N–H and O–H groups in total. The molecule has 1 amide bonds. The number of aromatic nitrogens is 1. The minimum absolute atomic E-state index is 0.324. The fourth-order valence-electron chi connectivity index (χ4n) is 2.92. The average Bonchev–Trinajstić information content (AvgIpc) is 3.08. The molecule has 1 aromatic heterocycles. The van der Waals surface area contributed by atoms with Crippen LogP contribution in [-0.2, 0) is 6.54 Å². The number of amides is 1. The highest BCUT2D eigenvalue weighted by Gasteiger charge is 2.16. The van der Waals surface area contributed by atoms with Gasteiger partial charge in [-0.25, -0.2) is 0 Å². The van der Waals surface area contributed by atoms with E-state index in [0.29, 0.717) is 39.9 Å². The molecular formula is C21H22N2O5S. The number of allylic oxidation sites excluding steroid dienone is 1. The number of methoxy groups -OCH3 is 4. The maximum Gasteiger partial charge on any atom is 0.283 e. The van der Waals surface area contributed by atoms with E-state index in [0.717, 1.165) is 10.2 Å². The molecule has 0 radical (unpaired) electrons. The van der Waals surface area contributed by atoms with Crippen molar-refractivity contribution in [3.63, 3.8) is 0 Å². The molecule has 0 aliphatic rings. The molecule has 0 bridgehead atoms. The van der Waals surface area contributed by atoms with Crippen LogP contribution in [0.2, 0.25) is 0 Å². The summed E-state index contributed by atoms with van der Waals surface area (Å²) in [5.41, 5.74) is 1.20. The molecule has 2 aromatic carbocycles. The van der Waals surface area contributed by atoms with Gasteiger partial charge in [0.05, 0.1) is 44.2 Å². The molecule has 1 heterocycles. The van der Waals surface area contributed by atoms with Gasteiger partial charge in [-0.15, -0.1) is 6.58 Å². The van der Waals surface area contributed by atoms with Gasteiger partial charge in [0.1, 0.15) is 11.5 Å². The topological polar surface area (TPSA) is 71.3 Å². The predicted octanol–water partition coefficient (Wildman–Crippen LogP) is 3.66. The third-order valence-corrected chi connectivity index (χ3v) is 5.38. The third kappa shape index (κ3) is 3.97. The second kappa shape index (κ2) is 8.83. The normalized spacial score (nSPS) is 11.4. The Hall–Kier alpha value is -3.26. The van der Waals surface area contributed by atoms with Gasteiger partial charge in [-0.2, -0.15) is 4.99 Å². The molecule has 7 nitrogen and oxygen atoms in total. The summed E-state index contributed by atoms with van der Waals surface area (Å²) < 4.78 is 24.1. The first-order chi connectivity index (χ1) is 14.1. The van der Waals surface area contributed by atoms with Gasteiger partial charge in [-0.1, -0.05) is 17.4 Å². The maximum absolute atomic E-state index is 13.0. The molecule has 0 saturated heterocycles. The zero-order valence-corrected chi connectivity index (χ0v) is 17.5. The van der Waals surface area contributed by atoms with Crippen molar-refractivity contribution in [2.45, 2.75) is 6.54 Å². The van der Waals surface area contributed by atoms with Crippen molar-refractivity contribution in [2.24, 2.45) is 4.99 Å². The van der Waals surface area contributed by atoms with E-state index >= 15 is 0 Å². The van der Waals surface area contributed by atoms with E-state index in [9.17, 15) is 4.79 Å². The molecule has 0 saturated carbocycles. The molecule has 0 unspecified atom stereocenters. The summed E-state index contributed by atoms with van der Waals surface area (Å²) in [5.74, 6) is 1.76. The number of carbonyl (C=O) groups is 1. The van der Waals surface area contributed by atoms with Crippen LogP contribution in [0.5, 0.6) is 23.0 Å². The van der Waals surface area contributed by atoms with Crippen molar-refractivity contribution in [2.75, 3.05) is 28.4 Å². The van der Waals surface area contributed by atoms with Crippen LogP contribution in [0.15, 0.2) is 48.0 Å². The number of hydrogen-bond donors (Lipinski definition) is 0. The SMILES string of the molecule is C=CCn1c(=NC(=O)c2cc(OC)ccc2OC)sc2cc(OC)c(OC)cc21. The summed E-state index contributed by atoms with van der Waals surface area (Å²) in [7, 11) is 6.21. The highest BCUT2D eigenvalue weighted by Crippen LogP contribution is 2.33. The van der Waals surface area contributed by atoms with Gasteiger partial charge >= 0.3 is 0 Å². The highest BCUT2D eigenvalue weighted by atomic mass is 32.1. The summed E-state index contributed by atoms with van der Waals surface area (Å²) in [4.78, 5) is 17.8. The van der Waals surface area contributed by atoms with Gasteiger partial charge in [-0.3, -0.25) is 4.79 Å². The van der Waals surface area contributed by atoms with Crippen molar-refractivity contribution in [3.8, 4) is 23.0 Å². The van der Waals surface area contributed by atoms with Gasteiger partial charge in [0.15, 0.2) is 16.3 Å². The number of carbonyl (C=O) groups excluding carboxylic acids is 1. The summed E-state index contributed by atoms with van der Waals surface area (Å²) in [5, 5.41) is 0. The molecule has 0 fully saturated rings. The third-order valence-electron chi connectivity index (χ3n) is 4.33. The lowest BCUT2D eigenvalue weighted by atomic mass is 10.2. The number of ether oxygens (including phenoxy) is 4. The number of nitrogens with zero attached hydrogens (tertiary/aromatic N) is 2. The Morgan fingerprint density at radius 2 is 1.72 bits per heavy atom. The van der Waals surface area contributed by atoms with Crippen LogP contribution in [0.1, 0.15) is 10.4 Å². The van der Waals surface area contributed by atoms with Gasteiger partial charge < -0.3 is 23.5 Å². The van der Waals surface area contributed by atoms with E-state index in [1.165, 1.54) is 25.6 Å². The lowest BCUT2D eigenvalue weighted by Crippen LogP contribution is -2.16. The largest absolute Gasteiger partial charge is 0.497 e. The van der Waals surface area contributed by atoms with E-state index in [-0.39, 0.29) is 0 Å². The monoisotopic (exact) mass is 414 g/mol. The van der Waals surface area contributed by atoms with Gasteiger partial charge in [0, 0.05) is 18.7 Å². The second-order valence-electron chi connectivity index (χ2n) is 5.94. The first-order valence-electron chi connectivity index (χ1n) is 8.73. The van der Waals surface area contributed by atoms with E-state index in [4.69, 9.17) is 18.9 Å². The molecule has 0 aliphatic carbocycles. The maximum atomic E-state index is 13.0. The van der Waals surface area contributed by atoms with E-state index in [2.05, 4.69) is 11.6 Å². The van der Waals surface area contributed by atoms with E-state index in [1.54, 1.807) is 38.5 Å². The number of benzene rings is 2. The molecule has 0 atom stereocenters. The Kier molecular flexibility index (Phi) is 6.23. The van der Waals surface area contributed by atoms with Crippen molar-refractivity contribution >= 4 is 27.5 Å². The van der Waals surface area contributed by atoms with Crippen LogP contribution >= 0.6 is 11.3 Å². The molecule has 8 heteroatoms. The molecule has 29 heavy (non-hydrogen) atoms. The highest BCUT2D eigenvalue weighted by molar-refractivity contribution is 7.16. The fourth-order valence-corrected chi connectivity index (χ4v) is 3.96. The van der Waals surface area contributed by atoms with Crippen LogP contribution in [0, 0.1) is 0 Å². The second-order valence-corrected chi connectivity index (χ2v) is 6.95. The summed E-state index contributed by atoms with van der Waals surface area (Å²) in [6, 6.07) is 8.76. The van der Waals surface area contributed by atoms with E-state index < -0.39 is 5.91 Å². The van der Waals surface area contributed by atoms with Gasteiger partial charge in [0.2, 0.25) is 0 Å². The molecule has 3 aromatic rings. The molecule has 152 valence electrons.